The zero-order chi connectivity index (χ0) is 18.2. The first-order valence-electron chi connectivity index (χ1n) is 9.66. The van der Waals surface area contributed by atoms with E-state index in [2.05, 4.69) is 23.6 Å². The molecule has 1 aromatic carbocycles. The molecule has 25 heavy (non-hydrogen) atoms. The first-order chi connectivity index (χ1) is 12.0. The van der Waals surface area contributed by atoms with E-state index in [1.165, 1.54) is 0 Å². The highest BCUT2D eigenvalue weighted by atomic mass is 16.2. The lowest BCUT2D eigenvalue weighted by atomic mass is 9.81. The van der Waals surface area contributed by atoms with E-state index in [-0.39, 0.29) is 23.7 Å². The standard InChI is InChI=1S/C21H32N2O2/c1-4-5-6-11-22-20(24)17-7-9-18(10-8-17)21(25)23-19-13-15(2)12-16(3)14-19/h12-14,17-18H,4-11H2,1-3H3,(H,22,24)(H,23,25). The fourth-order valence-electron chi connectivity index (χ4n) is 3.64. The van der Waals surface area contributed by atoms with E-state index < -0.39 is 0 Å². The average Bonchev–Trinajstić information content (AvgIpc) is 2.57. The van der Waals surface area contributed by atoms with Gasteiger partial charge in [0.15, 0.2) is 0 Å². The smallest absolute Gasteiger partial charge is 0.227 e. The molecule has 4 nitrogen and oxygen atoms in total. The van der Waals surface area contributed by atoms with Crippen molar-refractivity contribution in [3.63, 3.8) is 0 Å². The Morgan fingerprint density at radius 2 is 1.48 bits per heavy atom. The van der Waals surface area contributed by atoms with Crippen molar-refractivity contribution in [1.82, 2.24) is 5.32 Å². The van der Waals surface area contributed by atoms with Crippen molar-refractivity contribution < 1.29 is 9.59 Å². The van der Waals surface area contributed by atoms with Crippen LogP contribution in [0.3, 0.4) is 0 Å². The molecule has 4 heteroatoms. The zero-order valence-electron chi connectivity index (χ0n) is 15.9. The van der Waals surface area contributed by atoms with Crippen LogP contribution in [-0.4, -0.2) is 18.4 Å². The predicted octanol–water partition coefficient (Wildman–Crippen LogP) is 4.35. The Morgan fingerprint density at radius 1 is 0.920 bits per heavy atom. The van der Waals surface area contributed by atoms with E-state index in [1.807, 2.05) is 26.0 Å². The molecule has 1 fully saturated rings. The molecule has 1 aromatic rings. The minimum absolute atomic E-state index is 0.0185. The second-order valence-corrected chi connectivity index (χ2v) is 7.41. The van der Waals surface area contributed by atoms with Gasteiger partial charge in [0.2, 0.25) is 11.8 Å². The Bertz CT molecular complexity index is 569. The van der Waals surface area contributed by atoms with Crippen LogP contribution >= 0.6 is 0 Å². The van der Waals surface area contributed by atoms with E-state index in [0.717, 1.165) is 68.3 Å². The lowest BCUT2D eigenvalue weighted by Gasteiger charge is -2.27. The first-order valence-corrected chi connectivity index (χ1v) is 9.66. The minimum Gasteiger partial charge on any atom is -0.356 e. The number of benzene rings is 1. The summed E-state index contributed by atoms with van der Waals surface area (Å²) < 4.78 is 0. The summed E-state index contributed by atoms with van der Waals surface area (Å²) >= 11 is 0. The molecule has 0 spiro atoms. The van der Waals surface area contributed by atoms with Gasteiger partial charge in [-0.05, 0) is 69.2 Å². The van der Waals surface area contributed by atoms with Crippen molar-refractivity contribution in [2.75, 3.05) is 11.9 Å². The van der Waals surface area contributed by atoms with Gasteiger partial charge >= 0.3 is 0 Å². The van der Waals surface area contributed by atoms with Gasteiger partial charge < -0.3 is 10.6 Å². The van der Waals surface area contributed by atoms with Gasteiger partial charge in [0.1, 0.15) is 0 Å². The number of aryl methyl sites for hydroxylation is 2. The van der Waals surface area contributed by atoms with E-state index in [9.17, 15) is 9.59 Å². The van der Waals surface area contributed by atoms with Gasteiger partial charge in [-0.15, -0.1) is 0 Å². The molecule has 0 aliphatic heterocycles. The predicted molar refractivity (Wildman–Crippen MR) is 103 cm³/mol. The molecule has 0 saturated heterocycles. The Hall–Kier alpha value is -1.84. The van der Waals surface area contributed by atoms with Crippen molar-refractivity contribution in [2.24, 2.45) is 11.8 Å². The fourth-order valence-corrected chi connectivity index (χ4v) is 3.64. The molecule has 2 amide bonds. The number of anilines is 1. The molecular weight excluding hydrogens is 312 g/mol. The summed E-state index contributed by atoms with van der Waals surface area (Å²) in [4.78, 5) is 24.7. The highest BCUT2D eigenvalue weighted by Gasteiger charge is 2.29. The normalized spacial score (nSPS) is 20.1. The second kappa shape index (κ2) is 9.59. The topological polar surface area (TPSA) is 58.2 Å². The van der Waals surface area contributed by atoms with Crippen molar-refractivity contribution >= 4 is 17.5 Å². The van der Waals surface area contributed by atoms with Crippen LogP contribution < -0.4 is 10.6 Å². The van der Waals surface area contributed by atoms with Crippen molar-refractivity contribution in [3.8, 4) is 0 Å². The maximum Gasteiger partial charge on any atom is 0.227 e. The van der Waals surface area contributed by atoms with Gasteiger partial charge in [0, 0.05) is 24.1 Å². The van der Waals surface area contributed by atoms with Gasteiger partial charge in [-0.25, -0.2) is 0 Å². The quantitative estimate of drug-likeness (QED) is 0.722. The number of unbranched alkanes of at least 4 members (excludes halogenated alkanes) is 2. The Balaban J connectivity index is 1.77. The van der Waals surface area contributed by atoms with Crippen LogP contribution in [0.25, 0.3) is 0 Å². The van der Waals surface area contributed by atoms with E-state index in [4.69, 9.17) is 0 Å². The molecule has 0 radical (unpaired) electrons. The first kappa shape index (κ1) is 19.5. The Morgan fingerprint density at radius 3 is 2.04 bits per heavy atom. The van der Waals surface area contributed by atoms with Crippen molar-refractivity contribution in [3.05, 3.63) is 29.3 Å². The van der Waals surface area contributed by atoms with Crippen LogP contribution in [0.5, 0.6) is 0 Å². The molecule has 2 N–H and O–H groups in total. The molecule has 0 heterocycles. The fraction of sp³-hybridized carbons (Fsp3) is 0.619. The average molecular weight is 344 g/mol. The lowest BCUT2D eigenvalue weighted by molar-refractivity contribution is -0.128. The highest BCUT2D eigenvalue weighted by molar-refractivity contribution is 5.93. The minimum atomic E-state index is 0.0185. The SMILES string of the molecule is CCCCCNC(=O)C1CCC(C(=O)Nc2cc(C)cc(C)c2)CC1. The van der Waals surface area contributed by atoms with E-state index in [1.54, 1.807) is 0 Å². The summed E-state index contributed by atoms with van der Waals surface area (Å²) in [7, 11) is 0. The zero-order valence-corrected chi connectivity index (χ0v) is 15.9. The Labute approximate surface area is 151 Å². The number of rotatable bonds is 7. The summed E-state index contributed by atoms with van der Waals surface area (Å²) in [5.41, 5.74) is 3.18. The molecule has 0 atom stereocenters. The number of hydrogen-bond donors (Lipinski definition) is 2. The largest absolute Gasteiger partial charge is 0.356 e. The summed E-state index contributed by atoms with van der Waals surface area (Å²) in [6.45, 7) is 7.01. The molecule has 1 saturated carbocycles. The molecule has 0 bridgehead atoms. The van der Waals surface area contributed by atoms with E-state index in [0.29, 0.717) is 0 Å². The maximum atomic E-state index is 12.5. The van der Waals surface area contributed by atoms with Crippen LogP contribution in [0.2, 0.25) is 0 Å². The third-order valence-corrected chi connectivity index (χ3v) is 5.04. The number of hydrogen-bond acceptors (Lipinski definition) is 2. The molecule has 1 aliphatic rings. The van der Waals surface area contributed by atoms with E-state index >= 15 is 0 Å². The molecule has 0 aromatic heterocycles. The molecule has 1 aliphatic carbocycles. The number of amides is 2. The molecule has 0 unspecified atom stereocenters. The summed E-state index contributed by atoms with van der Waals surface area (Å²) in [6.07, 6.45) is 6.58. The monoisotopic (exact) mass is 344 g/mol. The van der Waals surface area contributed by atoms with Crippen LogP contribution in [0, 0.1) is 25.7 Å². The Kier molecular flexibility index (Phi) is 7.48. The molecular formula is C21H32N2O2. The third-order valence-electron chi connectivity index (χ3n) is 5.04. The summed E-state index contributed by atoms with van der Waals surface area (Å²) in [6, 6.07) is 6.10. The lowest BCUT2D eigenvalue weighted by Crippen LogP contribution is -2.35. The number of nitrogens with one attached hydrogen (secondary N) is 2. The second-order valence-electron chi connectivity index (χ2n) is 7.41. The van der Waals surface area contributed by atoms with Crippen molar-refractivity contribution in [1.29, 1.82) is 0 Å². The van der Waals surface area contributed by atoms with Crippen molar-refractivity contribution in [2.45, 2.75) is 65.7 Å². The summed E-state index contributed by atoms with van der Waals surface area (Å²) in [5, 5.41) is 6.09. The molecule has 2 rings (SSSR count). The highest BCUT2D eigenvalue weighted by Crippen LogP contribution is 2.30. The van der Waals surface area contributed by atoms with Gasteiger partial charge in [-0.2, -0.15) is 0 Å². The van der Waals surface area contributed by atoms with Gasteiger partial charge in [0.25, 0.3) is 0 Å². The van der Waals surface area contributed by atoms with Crippen LogP contribution in [0.15, 0.2) is 18.2 Å². The van der Waals surface area contributed by atoms with Gasteiger partial charge in [-0.1, -0.05) is 25.8 Å². The summed E-state index contributed by atoms with van der Waals surface area (Å²) in [5.74, 6) is 0.355. The van der Waals surface area contributed by atoms with Crippen LogP contribution in [-0.2, 0) is 9.59 Å². The third kappa shape index (κ3) is 6.18. The van der Waals surface area contributed by atoms with Gasteiger partial charge in [-0.3, -0.25) is 9.59 Å². The number of carbonyl (C=O) groups is 2. The van der Waals surface area contributed by atoms with Gasteiger partial charge in [0.05, 0.1) is 0 Å². The molecule has 138 valence electrons. The van der Waals surface area contributed by atoms with Crippen LogP contribution in [0.1, 0.15) is 63.0 Å². The van der Waals surface area contributed by atoms with Crippen LogP contribution in [0.4, 0.5) is 5.69 Å². The maximum absolute atomic E-state index is 12.5. The number of carbonyl (C=O) groups excluding carboxylic acids is 2.